The fourth-order valence-electron chi connectivity index (χ4n) is 5.55. The number of nitrogens with zero attached hydrogens (tertiary/aromatic N) is 1. The van der Waals surface area contributed by atoms with E-state index in [4.69, 9.17) is 4.74 Å². The van der Waals surface area contributed by atoms with Crippen LogP contribution in [0.2, 0.25) is 0 Å². The van der Waals surface area contributed by atoms with Crippen LogP contribution in [0.5, 0.6) is 11.5 Å². The van der Waals surface area contributed by atoms with Crippen molar-refractivity contribution >= 4 is 0 Å². The fourth-order valence-corrected chi connectivity index (χ4v) is 5.55. The summed E-state index contributed by atoms with van der Waals surface area (Å²) in [6.45, 7) is 0. The van der Waals surface area contributed by atoms with Gasteiger partial charge in [0.15, 0.2) is 0 Å². The molecule has 0 fully saturated rings. The van der Waals surface area contributed by atoms with Crippen LogP contribution in [0.15, 0.2) is 115 Å². The summed E-state index contributed by atoms with van der Waals surface area (Å²) in [5.41, 5.74) is 9.15. The Morgan fingerprint density at radius 1 is 0.531 bits per heavy atom. The highest BCUT2D eigenvalue weighted by Gasteiger charge is 2.50. The summed E-state index contributed by atoms with van der Waals surface area (Å²) in [4.78, 5) is 4.61. The second-order valence-corrected chi connectivity index (χ2v) is 8.37. The van der Waals surface area contributed by atoms with E-state index in [0.717, 1.165) is 28.3 Å². The lowest BCUT2D eigenvalue weighted by Crippen LogP contribution is -2.32. The van der Waals surface area contributed by atoms with E-state index in [9.17, 15) is 0 Å². The molecule has 7 rings (SSSR count). The molecule has 1 aromatic heterocycles. The highest BCUT2D eigenvalue weighted by atomic mass is 16.5. The van der Waals surface area contributed by atoms with Crippen LogP contribution in [-0.2, 0) is 5.41 Å². The van der Waals surface area contributed by atoms with Gasteiger partial charge in [-0.25, -0.2) is 0 Å². The van der Waals surface area contributed by atoms with E-state index >= 15 is 0 Å². The van der Waals surface area contributed by atoms with Gasteiger partial charge in [0.25, 0.3) is 0 Å². The maximum absolute atomic E-state index is 6.46. The van der Waals surface area contributed by atoms with Crippen molar-refractivity contribution in [1.29, 1.82) is 0 Å². The molecular formula is C30H19NO. The molecule has 0 atom stereocenters. The van der Waals surface area contributed by atoms with Gasteiger partial charge in [-0.2, -0.15) is 0 Å². The summed E-state index contributed by atoms with van der Waals surface area (Å²) in [5, 5.41) is 0. The predicted octanol–water partition coefficient (Wildman–Crippen LogP) is 7.22. The summed E-state index contributed by atoms with van der Waals surface area (Å²) in [6.07, 6.45) is 1.84. The molecule has 1 aliphatic carbocycles. The van der Waals surface area contributed by atoms with E-state index < -0.39 is 5.41 Å². The molecule has 0 radical (unpaired) electrons. The van der Waals surface area contributed by atoms with Crippen molar-refractivity contribution in [1.82, 2.24) is 4.98 Å². The molecule has 2 heterocycles. The van der Waals surface area contributed by atoms with Crippen LogP contribution < -0.4 is 4.74 Å². The largest absolute Gasteiger partial charge is 0.457 e. The first-order chi connectivity index (χ1) is 15.9. The van der Waals surface area contributed by atoms with Crippen molar-refractivity contribution in [3.63, 3.8) is 0 Å². The molecule has 1 spiro atoms. The average molecular weight is 409 g/mol. The van der Waals surface area contributed by atoms with Gasteiger partial charge < -0.3 is 4.74 Å². The van der Waals surface area contributed by atoms with Crippen molar-refractivity contribution in [2.75, 3.05) is 0 Å². The van der Waals surface area contributed by atoms with Gasteiger partial charge in [0.1, 0.15) is 11.5 Å². The molecule has 2 heteroatoms. The number of hydrogen-bond acceptors (Lipinski definition) is 2. The Morgan fingerprint density at radius 2 is 1.16 bits per heavy atom. The minimum Gasteiger partial charge on any atom is -0.457 e. The van der Waals surface area contributed by atoms with E-state index in [1.54, 1.807) is 0 Å². The number of rotatable bonds is 1. The number of fused-ring (bicyclic) bond motifs is 9. The van der Waals surface area contributed by atoms with Crippen molar-refractivity contribution in [2.45, 2.75) is 5.41 Å². The topological polar surface area (TPSA) is 22.1 Å². The maximum Gasteiger partial charge on any atom is 0.132 e. The minimum absolute atomic E-state index is 0.428. The van der Waals surface area contributed by atoms with Gasteiger partial charge in [-0.3, -0.25) is 4.98 Å². The van der Waals surface area contributed by atoms with Gasteiger partial charge in [0, 0.05) is 22.9 Å². The third-order valence-corrected chi connectivity index (χ3v) is 6.81. The second-order valence-electron chi connectivity index (χ2n) is 8.37. The van der Waals surface area contributed by atoms with Gasteiger partial charge >= 0.3 is 0 Å². The maximum atomic E-state index is 6.46. The Morgan fingerprint density at radius 3 is 1.88 bits per heavy atom. The van der Waals surface area contributed by atoms with E-state index in [1.807, 2.05) is 24.4 Å². The lowest BCUT2D eigenvalue weighted by Gasteiger charge is -2.39. The van der Waals surface area contributed by atoms with Gasteiger partial charge in [0.2, 0.25) is 0 Å². The number of hydrogen-bond donors (Lipinski definition) is 0. The third-order valence-electron chi connectivity index (χ3n) is 6.81. The predicted molar refractivity (Wildman–Crippen MR) is 127 cm³/mol. The molecular weight excluding hydrogens is 390 g/mol. The lowest BCUT2D eigenvalue weighted by molar-refractivity contribution is 0.436. The molecule has 2 aliphatic rings. The molecule has 150 valence electrons. The normalized spacial score (nSPS) is 14.1. The molecule has 4 aromatic carbocycles. The molecule has 0 saturated carbocycles. The van der Waals surface area contributed by atoms with Crippen LogP contribution in [0.1, 0.15) is 22.3 Å². The number of para-hydroxylation sites is 1. The SMILES string of the molecule is c1ccc(-c2ccc3c(c2)C2(c4ccccc4O3)c3ccccc3-c3ccccc32)nc1. The zero-order valence-corrected chi connectivity index (χ0v) is 17.3. The summed E-state index contributed by atoms with van der Waals surface area (Å²) in [7, 11) is 0. The highest BCUT2D eigenvalue weighted by Crippen LogP contribution is 2.62. The molecule has 1 aliphatic heterocycles. The summed E-state index contributed by atoms with van der Waals surface area (Å²) >= 11 is 0. The number of pyridine rings is 1. The highest BCUT2D eigenvalue weighted by molar-refractivity contribution is 5.89. The Balaban J connectivity index is 1.64. The summed E-state index contributed by atoms with van der Waals surface area (Å²) in [5.74, 6) is 1.81. The van der Waals surface area contributed by atoms with Crippen LogP contribution in [0.4, 0.5) is 0 Å². The van der Waals surface area contributed by atoms with Crippen LogP contribution in [0, 0.1) is 0 Å². The number of benzene rings is 4. The average Bonchev–Trinajstić information content (AvgIpc) is 3.16. The monoisotopic (exact) mass is 409 g/mol. The van der Waals surface area contributed by atoms with Gasteiger partial charge in [-0.15, -0.1) is 0 Å². The fraction of sp³-hybridized carbons (Fsp3) is 0.0333. The summed E-state index contributed by atoms with van der Waals surface area (Å²) in [6, 6.07) is 38.5. The van der Waals surface area contributed by atoms with Crippen molar-refractivity contribution in [2.24, 2.45) is 0 Å². The van der Waals surface area contributed by atoms with Crippen LogP contribution in [-0.4, -0.2) is 4.98 Å². The molecule has 0 N–H and O–H groups in total. The Hall–Kier alpha value is -4.17. The zero-order valence-electron chi connectivity index (χ0n) is 17.3. The molecule has 0 saturated heterocycles. The van der Waals surface area contributed by atoms with E-state index in [2.05, 4.69) is 96.0 Å². The smallest absolute Gasteiger partial charge is 0.132 e. The van der Waals surface area contributed by atoms with Crippen molar-refractivity contribution < 1.29 is 4.74 Å². The first kappa shape index (κ1) is 17.5. The van der Waals surface area contributed by atoms with E-state index in [-0.39, 0.29) is 0 Å². The Labute approximate surface area is 186 Å². The van der Waals surface area contributed by atoms with E-state index in [0.29, 0.717) is 0 Å². The van der Waals surface area contributed by atoms with E-state index in [1.165, 1.54) is 27.8 Å². The number of aromatic nitrogens is 1. The van der Waals surface area contributed by atoms with Crippen LogP contribution in [0.3, 0.4) is 0 Å². The molecule has 0 bridgehead atoms. The molecule has 5 aromatic rings. The number of ether oxygens (including phenoxy) is 1. The summed E-state index contributed by atoms with van der Waals surface area (Å²) < 4.78 is 6.46. The van der Waals surface area contributed by atoms with Crippen molar-refractivity contribution in [3.8, 4) is 33.9 Å². The first-order valence-electron chi connectivity index (χ1n) is 10.9. The van der Waals surface area contributed by atoms with Gasteiger partial charge in [0.05, 0.1) is 11.1 Å². The quantitative estimate of drug-likeness (QED) is 0.286. The molecule has 2 nitrogen and oxygen atoms in total. The van der Waals surface area contributed by atoms with Crippen LogP contribution >= 0.6 is 0 Å². The lowest BCUT2D eigenvalue weighted by atomic mass is 9.66. The molecule has 32 heavy (non-hydrogen) atoms. The van der Waals surface area contributed by atoms with Crippen molar-refractivity contribution in [3.05, 3.63) is 138 Å². The molecule has 0 unspecified atom stereocenters. The Bertz CT molecular complexity index is 1460. The minimum atomic E-state index is -0.428. The zero-order chi connectivity index (χ0) is 21.1. The van der Waals surface area contributed by atoms with Crippen LogP contribution in [0.25, 0.3) is 22.4 Å². The Kier molecular flexibility index (Phi) is 3.51. The van der Waals surface area contributed by atoms with Gasteiger partial charge in [-0.1, -0.05) is 72.8 Å². The standard InChI is InChI=1S/C30H19NO/c1-3-11-23-21(9-1)22-10-2-4-12-24(22)30(23)25-13-5-6-15-28(25)32-29-17-16-20(19-26(29)30)27-14-7-8-18-31-27/h1-19H. The third kappa shape index (κ3) is 2.16. The van der Waals surface area contributed by atoms with Gasteiger partial charge in [-0.05, 0) is 58.7 Å². The molecule has 0 amide bonds. The first-order valence-corrected chi connectivity index (χ1v) is 10.9. The second kappa shape index (κ2) is 6.41.